The molecule has 0 spiro atoms. The molecule has 0 aliphatic carbocycles. The third-order valence-corrected chi connectivity index (χ3v) is 5.55. The molecule has 3 aromatic heterocycles. The van der Waals surface area contributed by atoms with E-state index in [0.717, 1.165) is 16.7 Å². The van der Waals surface area contributed by atoms with Gasteiger partial charge in [-0.25, -0.2) is 4.98 Å². The van der Waals surface area contributed by atoms with Crippen molar-refractivity contribution in [3.63, 3.8) is 0 Å². The molecule has 4 rings (SSSR count). The highest BCUT2D eigenvalue weighted by Crippen LogP contribution is 2.24. The number of fused-ring (bicyclic) bond motifs is 1. The molecule has 0 fully saturated rings. The molecule has 4 aromatic rings. The highest BCUT2D eigenvalue weighted by Gasteiger charge is 2.19. The van der Waals surface area contributed by atoms with Gasteiger partial charge in [-0.1, -0.05) is 18.2 Å². The first-order chi connectivity index (χ1) is 14.8. The number of pyridine rings is 1. The fourth-order valence-corrected chi connectivity index (χ4v) is 3.45. The van der Waals surface area contributed by atoms with Gasteiger partial charge in [0.1, 0.15) is 5.82 Å². The lowest BCUT2D eigenvalue weighted by Gasteiger charge is -2.20. The summed E-state index contributed by atoms with van der Waals surface area (Å²) < 4.78 is 1.27. The summed E-state index contributed by atoms with van der Waals surface area (Å²) in [6, 6.07) is 9.59. The zero-order chi connectivity index (χ0) is 22.1. The number of nitrogens with one attached hydrogen (secondary N) is 2. The molecule has 0 radical (unpaired) electrons. The standard InChI is InChI=1S/C23H24N6O2/c1-13-5-6-18(11-14(13)2)21(17-7-9-24-10-8-17)27-20(30)12-19-26-23-25-16(4)15(3)22(31)29(23)28-19/h5-11,21H,12H2,1-4H3,(H,27,30)(H,25,26,28). The Morgan fingerprint density at radius 1 is 1.03 bits per heavy atom. The first-order valence-electron chi connectivity index (χ1n) is 10.0. The molecule has 158 valence electrons. The topological polar surface area (TPSA) is 105 Å². The van der Waals surface area contributed by atoms with Crippen LogP contribution in [-0.2, 0) is 11.2 Å². The minimum Gasteiger partial charge on any atom is -0.345 e. The lowest BCUT2D eigenvalue weighted by molar-refractivity contribution is -0.121. The average molecular weight is 416 g/mol. The Hall–Kier alpha value is -3.81. The molecule has 0 aliphatic rings. The maximum Gasteiger partial charge on any atom is 0.277 e. The van der Waals surface area contributed by atoms with Gasteiger partial charge in [-0.05, 0) is 62.1 Å². The second kappa shape index (κ2) is 8.14. The Balaban J connectivity index is 1.62. The molecule has 1 aromatic carbocycles. The van der Waals surface area contributed by atoms with Crippen LogP contribution in [0.25, 0.3) is 5.78 Å². The van der Waals surface area contributed by atoms with Crippen LogP contribution in [0.5, 0.6) is 0 Å². The summed E-state index contributed by atoms with van der Waals surface area (Å²) in [7, 11) is 0. The van der Waals surface area contributed by atoms with Crippen molar-refractivity contribution in [1.82, 2.24) is 29.9 Å². The number of amides is 1. The maximum atomic E-state index is 12.9. The Labute approximate surface area is 179 Å². The van der Waals surface area contributed by atoms with Gasteiger partial charge < -0.3 is 5.32 Å². The van der Waals surface area contributed by atoms with Crippen LogP contribution in [0.15, 0.2) is 47.5 Å². The van der Waals surface area contributed by atoms with E-state index in [4.69, 9.17) is 0 Å². The van der Waals surface area contributed by atoms with E-state index in [1.54, 1.807) is 26.2 Å². The number of nitrogens with zero attached hydrogens (tertiary/aromatic N) is 4. The molecule has 1 unspecified atom stereocenters. The molecule has 0 bridgehead atoms. The van der Waals surface area contributed by atoms with E-state index >= 15 is 0 Å². The summed E-state index contributed by atoms with van der Waals surface area (Å²) in [5, 5.41) is 5.98. The van der Waals surface area contributed by atoms with E-state index in [1.807, 2.05) is 31.2 Å². The molecule has 31 heavy (non-hydrogen) atoms. The van der Waals surface area contributed by atoms with E-state index in [1.165, 1.54) is 10.1 Å². The number of hydrogen-bond donors (Lipinski definition) is 2. The summed E-state index contributed by atoms with van der Waals surface area (Å²) in [5.41, 5.74) is 5.21. The van der Waals surface area contributed by atoms with Gasteiger partial charge in [0.25, 0.3) is 11.3 Å². The van der Waals surface area contributed by atoms with Gasteiger partial charge in [-0.3, -0.25) is 19.7 Å². The largest absolute Gasteiger partial charge is 0.345 e. The molecule has 1 amide bonds. The lowest BCUT2D eigenvalue weighted by Crippen LogP contribution is -2.31. The van der Waals surface area contributed by atoms with Gasteiger partial charge in [0.15, 0.2) is 0 Å². The minimum absolute atomic E-state index is 0.00662. The molecular weight excluding hydrogens is 392 g/mol. The third-order valence-electron chi connectivity index (χ3n) is 5.55. The second-order valence-corrected chi connectivity index (χ2v) is 7.73. The normalized spacial score (nSPS) is 12.1. The number of benzene rings is 1. The summed E-state index contributed by atoms with van der Waals surface area (Å²) in [6.07, 6.45) is 3.41. The number of carbonyl (C=O) groups is 1. The van der Waals surface area contributed by atoms with Crippen LogP contribution in [0.3, 0.4) is 0 Å². The van der Waals surface area contributed by atoms with Crippen molar-refractivity contribution in [3.05, 3.63) is 92.4 Å². The number of rotatable bonds is 5. The average Bonchev–Trinajstić information content (AvgIpc) is 3.15. The lowest BCUT2D eigenvalue weighted by atomic mass is 9.96. The summed E-state index contributed by atoms with van der Waals surface area (Å²) in [5.74, 6) is 0.414. The highest BCUT2D eigenvalue weighted by atomic mass is 16.2. The number of H-pyrrole nitrogens is 1. The van der Waals surface area contributed by atoms with E-state index < -0.39 is 0 Å². The minimum atomic E-state index is -0.329. The molecule has 0 aliphatic heterocycles. The zero-order valence-corrected chi connectivity index (χ0v) is 17.9. The maximum absolute atomic E-state index is 12.9. The number of hydrogen-bond acceptors (Lipinski definition) is 5. The Morgan fingerprint density at radius 2 is 1.77 bits per heavy atom. The molecule has 0 saturated carbocycles. The predicted molar refractivity (Wildman–Crippen MR) is 117 cm³/mol. The van der Waals surface area contributed by atoms with Gasteiger partial charge >= 0.3 is 0 Å². The molecule has 2 N–H and O–H groups in total. The molecule has 3 heterocycles. The quantitative estimate of drug-likeness (QED) is 0.520. The van der Waals surface area contributed by atoms with Crippen LogP contribution in [0.1, 0.15) is 45.4 Å². The van der Waals surface area contributed by atoms with Gasteiger partial charge in [-0.2, -0.15) is 9.50 Å². The van der Waals surface area contributed by atoms with E-state index in [2.05, 4.69) is 38.4 Å². The third kappa shape index (κ3) is 4.09. The number of aromatic nitrogens is 5. The van der Waals surface area contributed by atoms with Gasteiger partial charge in [0.2, 0.25) is 5.91 Å². The van der Waals surface area contributed by atoms with Crippen molar-refractivity contribution in [2.45, 2.75) is 40.2 Å². The van der Waals surface area contributed by atoms with E-state index in [9.17, 15) is 9.59 Å². The van der Waals surface area contributed by atoms with Gasteiger partial charge in [0, 0.05) is 23.7 Å². The van der Waals surface area contributed by atoms with Crippen molar-refractivity contribution in [1.29, 1.82) is 0 Å². The SMILES string of the molecule is Cc1ccc(C(NC(=O)Cc2nc3nc(C)c(C)c(=O)n3[nH]2)c2ccncc2)cc1C. The van der Waals surface area contributed by atoms with Crippen LogP contribution in [0.4, 0.5) is 0 Å². The number of aromatic amines is 1. The number of carbonyl (C=O) groups excluding carboxylic acids is 1. The summed E-state index contributed by atoms with van der Waals surface area (Å²) >= 11 is 0. The van der Waals surface area contributed by atoms with Gasteiger partial charge in [0.05, 0.1) is 12.5 Å². The zero-order valence-electron chi connectivity index (χ0n) is 17.9. The van der Waals surface area contributed by atoms with E-state index in [-0.39, 0.29) is 29.7 Å². The monoisotopic (exact) mass is 416 g/mol. The first-order valence-corrected chi connectivity index (χ1v) is 10.0. The first kappa shape index (κ1) is 20.5. The van der Waals surface area contributed by atoms with Crippen LogP contribution in [-0.4, -0.2) is 30.5 Å². The van der Waals surface area contributed by atoms with Crippen molar-refractivity contribution < 1.29 is 4.79 Å². The predicted octanol–water partition coefficient (Wildman–Crippen LogP) is 2.49. The molecule has 8 heteroatoms. The van der Waals surface area contributed by atoms with Crippen molar-refractivity contribution >= 4 is 11.7 Å². The molecule has 0 saturated heterocycles. The Bertz CT molecular complexity index is 1320. The van der Waals surface area contributed by atoms with Crippen LogP contribution >= 0.6 is 0 Å². The van der Waals surface area contributed by atoms with Crippen molar-refractivity contribution in [2.24, 2.45) is 0 Å². The number of aryl methyl sites for hydroxylation is 3. The smallest absolute Gasteiger partial charge is 0.277 e. The molecular formula is C23H24N6O2. The van der Waals surface area contributed by atoms with Crippen LogP contribution < -0.4 is 10.9 Å². The van der Waals surface area contributed by atoms with Crippen LogP contribution in [0.2, 0.25) is 0 Å². The van der Waals surface area contributed by atoms with Gasteiger partial charge in [-0.15, -0.1) is 0 Å². The van der Waals surface area contributed by atoms with E-state index in [0.29, 0.717) is 17.1 Å². The Morgan fingerprint density at radius 3 is 2.48 bits per heavy atom. The van der Waals surface area contributed by atoms with Crippen LogP contribution in [0, 0.1) is 27.7 Å². The fourth-order valence-electron chi connectivity index (χ4n) is 3.45. The highest BCUT2D eigenvalue weighted by molar-refractivity contribution is 5.78. The second-order valence-electron chi connectivity index (χ2n) is 7.73. The fraction of sp³-hybridized carbons (Fsp3) is 0.261. The summed E-state index contributed by atoms with van der Waals surface area (Å²) in [6.45, 7) is 7.58. The van der Waals surface area contributed by atoms with Crippen molar-refractivity contribution in [2.75, 3.05) is 0 Å². The molecule has 8 nitrogen and oxygen atoms in total. The Kier molecular flexibility index (Phi) is 5.37. The summed E-state index contributed by atoms with van der Waals surface area (Å²) in [4.78, 5) is 38.0. The molecule has 1 atom stereocenters. The van der Waals surface area contributed by atoms with Crippen molar-refractivity contribution in [3.8, 4) is 0 Å².